The molecule has 0 bridgehead atoms. The van der Waals surface area contributed by atoms with Gasteiger partial charge in [0.05, 0.1) is 5.69 Å². The highest BCUT2D eigenvalue weighted by molar-refractivity contribution is 9.11. The van der Waals surface area contributed by atoms with Crippen LogP contribution in [0.25, 0.3) is 0 Å². The molecule has 0 radical (unpaired) electrons. The second kappa shape index (κ2) is 4.65. The SMILES string of the molecule is Cn1ccnc1C(O)c1ncc(Br)cc1Br. The minimum absolute atomic E-state index is 0.553. The molecular formula is C10H9Br2N3O. The van der Waals surface area contributed by atoms with Gasteiger partial charge in [0, 0.05) is 34.6 Å². The highest BCUT2D eigenvalue weighted by Crippen LogP contribution is 2.27. The summed E-state index contributed by atoms with van der Waals surface area (Å²) < 4.78 is 3.37. The zero-order chi connectivity index (χ0) is 11.7. The van der Waals surface area contributed by atoms with Crippen LogP contribution in [0.1, 0.15) is 17.6 Å². The highest BCUT2D eigenvalue weighted by Gasteiger charge is 2.19. The standard InChI is InChI=1S/C10H9Br2N3O/c1-15-3-2-13-10(15)9(16)8-7(12)4-6(11)5-14-8/h2-5,9,16H,1H3. The van der Waals surface area contributed by atoms with Crippen molar-refractivity contribution in [1.82, 2.24) is 14.5 Å². The van der Waals surface area contributed by atoms with E-state index in [9.17, 15) is 5.11 Å². The van der Waals surface area contributed by atoms with Gasteiger partial charge in [0.2, 0.25) is 0 Å². The maximum absolute atomic E-state index is 10.1. The molecule has 0 aliphatic carbocycles. The van der Waals surface area contributed by atoms with Crippen molar-refractivity contribution < 1.29 is 5.11 Å². The molecule has 2 rings (SSSR count). The molecule has 2 aromatic heterocycles. The van der Waals surface area contributed by atoms with Gasteiger partial charge in [0.25, 0.3) is 0 Å². The monoisotopic (exact) mass is 345 g/mol. The molecule has 2 heterocycles. The van der Waals surface area contributed by atoms with Gasteiger partial charge in [-0.1, -0.05) is 0 Å². The summed E-state index contributed by atoms with van der Waals surface area (Å²) in [6.45, 7) is 0. The molecule has 0 aliphatic heterocycles. The molecule has 2 aromatic rings. The van der Waals surface area contributed by atoms with Crippen LogP contribution in [0.5, 0.6) is 0 Å². The minimum Gasteiger partial charge on any atom is -0.379 e. The van der Waals surface area contributed by atoms with Crippen LogP contribution in [0, 0.1) is 0 Å². The number of imidazole rings is 1. The Balaban J connectivity index is 2.41. The summed E-state index contributed by atoms with van der Waals surface area (Å²) in [4.78, 5) is 8.27. The third kappa shape index (κ3) is 2.18. The summed E-state index contributed by atoms with van der Waals surface area (Å²) in [5.74, 6) is 0.565. The average molecular weight is 347 g/mol. The van der Waals surface area contributed by atoms with Gasteiger partial charge in [0.15, 0.2) is 6.10 Å². The summed E-state index contributed by atoms with van der Waals surface area (Å²) in [6, 6.07) is 1.84. The van der Waals surface area contributed by atoms with E-state index in [0.717, 1.165) is 8.95 Å². The zero-order valence-corrected chi connectivity index (χ0v) is 11.6. The quantitative estimate of drug-likeness (QED) is 0.908. The van der Waals surface area contributed by atoms with Crippen LogP contribution in [-0.2, 0) is 7.05 Å². The van der Waals surface area contributed by atoms with Crippen molar-refractivity contribution in [2.75, 3.05) is 0 Å². The topological polar surface area (TPSA) is 50.9 Å². The Bertz CT molecular complexity index is 513. The number of hydrogen-bond donors (Lipinski definition) is 1. The predicted molar refractivity (Wildman–Crippen MR) is 66.9 cm³/mol. The van der Waals surface area contributed by atoms with E-state index in [1.807, 2.05) is 13.1 Å². The van der Waals surface area contributed by atoms with Crippen LogP contribution in [0.15, 0.2) is 33.6 Å². The number of aliphatic hydroxyl groups is 1. The molecule has 0 fully saturated rings. The Morgan fingerprint density at radius 2 is 2.12 bits per heavy atom. The molecular weight excluding hydrogens is 338 g/mol. The lowest BCUT2D eigenvalue weighted by atomic mass is 10.2. The van der Waals surface area contributed by atoms with Gasteiger partial charge in [-0.2, -0.15) is 0 Å². The van der Waals surface area contributed by atoms with Crippen molar-refractivity contribution in [2.24, 2.45) is 7.05 Å². The van der Waals surface area contributed by atoms with Gasteiger partial charge < -0.3 is 9.67 Å². The third-order valence-corrected chi connectivity index (χ3v) is 3.27. The van der Waals surface area contributed by atoms with E-state index >= 15 is 0 Å². The van der Waals surface area contributed by atoms with E-state index in [0.29, 0.717) is 11.5 Å². The van der Waals surface area contributed by atoms with Gasteiger partial charge in [-0.15, -0.1) is 0 Å². The predicted octanol–water partition coefficient (Wildman–Crippen LogP) is 2.42. The highest BCUT2D eigenvalue weighted by atomic mass is 79.9. The van der Waals surface area contributed by atoms with Crippen LogP contribution in [0.3, 0.4) is 0 Å². The first-order valence-corrected chi connectivity index (χ1v) is 6.14. The van der Waals surface area contributed by atoms with E-state index in [1.54, 1.807) is 23.2 Å². The number of rotatable bonds is 2. The first-order chi connectivity index (χ1) is 7.59. The van der Waals surface area contributed by atoms with Crippen molar-refractivity contribution in [3.63, 3.8) is 0 Å². The Labute approximate surface area is 110 Å². The number of aliphatic hydroxyl groups excluding tert-OH is 1. The van der Waals surface area contributed by atoms with E-state index < -0.39 is 6.10 Å². The van der Waals surface area contributed by atoms with Crippen molar-refractivity contribution in [3.05, 3.63) is 45.1 Å². The third-order valence-electron chi connectivity index (χ3n) is 2.20. The second-order valence-corrected chi connectivity index (χ2v) is 5.09. The molecule has 0 aliphatic rings. The fourth-order valence-corrected chi connectivity index (χ4v) is 2.59. The van der Waals surface area contributed by atoms with Crippen LogP contribution in [0.4, 0.5) is 0 Å². The average Bonchev–Trinajstić information content (AvgIpc) is 2.63. The summed E-state index contributed by atoms with van der Waals surface area (Å²) in [5.41, 5.74) is 0.553. The van der Waals surface area contributed by atoms with E-state index in [2.05, 4.69) is 41.8 Å². The van der Waals surface area contributed by atoms with Gasteiger partial charge in [-0.05, 0) is 37.9 Å². The van der Waals surface area contributed by atoms with Gasteiger partial charge in [0.1, 0.15) is 5.82 Å². The molecule has 16 heavy (non-hydrogen) atoms. The molecule has 1 N–H and O–H groups in total. The van der Waals surface area contributed by atoms with E-state index in [-0.39, 0.29) is 0 Å². The number of aromatic nitrogens is 3. The van der Waals surface area contributed by atoms with Gasteiger partial charge in [-0.25, -0.2) is 4.98 Å². The molecule has 1 unspecified atom stereocenters. The summed E-state index contributed by atoms with van der Waals surface area (Å²) in [7, 11) is 1.83. The Hall–Kier alpha value is -0.720. The first-order valence-electron chi connectivity index (χ1n) is 4.56. The Morgan fingerprint density at radius 1 is 1.38 bits per heavy atom. The summed E-state index contributed by atoms with van der Waals surface area (Å²) in [6.07, 6.45) is 4.24. The summed E-state index contributed by atoms with van der Waals surface area (Å²) >= 11 is 6.68. The number of nitrogens with zero attached hydrogens (tertiary/aromatic N) is 3. The second-order valence-electron chi connectivity index (χ2n) is 3.32. The van der Waals surface area contributed by atoms with E-state index in [4.69, 9.17) is 0 Å². The fraction of sp³-hybridized carbons (Fsp3) is 0.200. The van der Waals surface area contributed by atoms with Crippen molar-refractivity contribution in [1.29, 1.82) is 0 Å². The minimum atomic E-state index is -0.831. The molecule has 0 saturated heterocycles. The first kappa shape index (κ1) is 11.8. The number of hydrogen-bond acceptors (Lipinski definition) is 3. The van der Waals surface area contributed by atoms with Gasteiger partial charge >= 0.3 is 0 Å². The largest absolute Gasteiger partial charge is 0.379 e. The zero-order valence-electron chi connectivity index (χ0n) is 8.43. The van der Waals surface area contributed by atoms with Crippen LogP contribution < -0.4 is 0 Å². The molecule has 6 heteroatoms. The molecule has 0 spiro atoms. The lowest BCUT2D eigenvalue weighted by Crippen LogP contribution is -2.09. The molecule has 0 amide bonds. The van der Waals surface area contributed by atoms with Crippen molar-refractivity contribution in [3.8, 4) is 0 Å². The number of halogens is 2. The van der Waals surface area contributed by atoms with Crippen LogP contribution in [0.2, 0.25) is 0 Å². The molecule has 4 nitrogen and oxygen atoms in total. The molecule has 0 aromatic carbocycles. The fourth-order valence-electron chi connectivity index (χ4n) is 1.39. The van der Waals surface area contributed by atoms with Crippen LogP contribution in [-0.4, -0.2) is 19.6 Å². The normalized spacial score (nSPS) is 12.8. The molecule has 1 atom stereocenters. The van der Waals surface area contributed by atoms with Gasteiger partial charge in [-0.3, -0.25) is 4.98 Å². The maximum Gasteiger partial charge on any atom is 0.155 e. The van der Waals surface area contributed by atoms with Crippen LogP contribution >= 0.6 is 31.9 Å². The Kier molecular flexibility index (Phi) is 3.41. The lowest BCUT2D eigenvalue weighted by Gasteiger charge is -2.11. The number of pyridine rings is 1. The van der Waals surface area contributed by atoms with Crippen molar-refractivity contribution in [2.45, 2.75) is 6.10 Å². The Morgan fingerprint density at radius 3 is 2.69 bits per heavy atom. The number of aryl methyl sites for hydroxylation is 1. The van der Waals surface area contributed by atoms with E-state index in [1.165, 1.54) is 0 Å². The smallest absolute Gasteiger partial charge is 0.155 e. The van der Waals surface area contributed by atoms with Crippen molar-refractivity contribution >= 4 is 31.9 Å². The molecule has 0 saturated carbocycles. The molecule has 84 valence electrons. The lowest BCUT2D eigenvalue weighted by molar-refractivity contribution is 0.200. The maximum atomic E-state index is 10.1. The summed E-state index contributed by atoms with van der Waals surface area (Å²) in [5, 5.41) is 10.1.